The topological polar surface area (TPSA) is 54.7 Å². The van der Waals surface area contributed by atoms with Gasteiger partial charge in [-0.1, -0.05) is 6.07 Å². The van der Waals surface area contributed by atoms with Gasteiger partial charge in [0.1, 0.15) is 18.2 Å². The molecule has 26 heavy (non-hydrogen) atoms. The third-order valence-electron chi connectivity index (χ3n) is 5.51. The van der Waals surface area contributed by atoms with Gasteiger partial charge in [0.2, 0.25) is 0 Å². The number of benzene rings is 1. The second-order valence-electron chi connectivity index (χ2n) is 7.19. The highest BCUT2D eigenvalue weighted by Gasteiger charge is 2.25. The van der Waals surface area contributed by atoms with Crippen LogP contribution in [0, 0.1) is 6.92 Å². The molecule has 1 fully saturated rings. The fourth-order valence-electron chi connectivity index (χ4n) is 4.04. The summed E-state index contributed by atoms with van der Waals surface area (Å²) < 4.78 is 8.01. The molecule has 0 amide bonds. The van der Waals surface area contributed by atoms with E-state index in [-0.39, 0.29) is 0 Å². The Balaban J connectivity index is 1.62. The van der Waals surface area contributed by atoms with Gasteiger partial charge < -0.3 is 10.1 Å². The number of nitrogens with one attached hydrogen (secondary N) is 1. The molecule has 1 saturated heterocycles. The Morgan fingerprint density at radius 3 is 3.12 bits per heavy atom. The van der Waals surface area contributed by atoms with Crippen molar-refractivity contribution < 1.29 is 4.74 Å². The first kappa shape index (κ1) is 15.6. The number of hydrogen-bond acceptors (Lipinski definition) is 5. The van der Waals surface area contributed by atoms with Gasteiger partial charge in [0.25, 0.3) is 0 Å². The van der Waals surface area contributed by atoms with Crippen LogP contribution >= 0.6 is 0 Å². The minimum absolute atomic E-state index is 0.492. The lowest BCUT2D eigenvalue weighted by Crippen LogP contribution is -2.37. The predicted octanol–water partition coefficient (Wildman–Crippen LogP) is 2.97. The van der Waals surface area contributed by atoms with Gasteiger partial charge in [-0.2, -0.15) is 5.10 Å². The molecule has 3 aromatic rings. The number of nitrogens with zero attached hydrogens (tertiary/aromatic N) is 4. The van der Waals surface area contributed by atoms with Crippen molar-refractivity contribution in [3.05, 3.63) is 42.2 Å². The Labute approximate surface area is 152 Å². The zero-order valence-corrected chi connectivity index (χ0v) is 15.0. The maximum absolute atomic E-state index is 6.18. The lowest BCUT2D eigenvalue weighted by Gasteiger charge is -2.25. The van der Waals surface area contributed by atoms with Crippen LogP contribution in [-0.2, 0) is 0 Å². The first-order valence-corrected chi connectivity index (χ1v) is 9.34. The third kappa shape index (κ3) is 2.70. The van der Waals surface area contributed by atoms with E-state index in [1.807, 2.05) is 23.0 Å². The van der Waals surface area contributed by atoms with E-state index < -0.39 is 0 Å². The second-order valence-corrected chi connectivity index (χ2v) is 7.19. The lowest BCUT2D eigenvalue weighted by atomic mass is 10.0. The highest BCUT2D eigenvalue weighted by molar-refractivity contribution is 5.80. The summed E-state index contributed by atoms with van der Waals surface area (Å²) in [4.78, 5) is 7.34. The molecule has 2 aliphatic heterocycles. The highest BCUT2D eigenvalue weighted by Crippen LogP contribution is 2.31. The Kier molecular flexibility index (Phi) is 3.78. The maximum atomic E-state index is 6.18. The van der Waals surface area contributed by atoms with Crippen molar-refractivity contribution >= 4 is 11.5 Å². The fourth-order valence-corrected chi connectivity index (χ4v) is 4.04. The van der Waals surface area contributed by atoms with Gasteiger partial charge in [0, 0.05) is 30.9 Å². The molecule has 1 N–H and O–H groups in total. The van der Waals surface area contributed by atoms with Crippen molar-refractivity contribution in [2.45, 2.75) is 25.8 Å². The van der Waals surface area contributed by atoms with Crippen LogP contribution in [0.5, 0.6) is 5.75 Å². The lowest BCUT2D eigenvalue weighted by molar-refractivity contribution is 0.177. The first-order chi connectivity index (χ1) is 12.8. The summed E-state index contributed by atoms with van der Waals surface area (Å²) >= 11 is 0. The molecule has 0 unspecified atom stereocenters. The molecule has 4 heterocycles. The van der Waals surface area contributed by atoms with Crippen LogP contribution in [0.25, 0.3) is 16.8 Å². The molecule has 1 atom stereocenters. The molecule has 134 valence electrons. The number of anilines is 1. The molecule has 6 heteroatoms. The molecular formula is C20H23N5O. The molecule has 0 aliphatic carbocycles. The highest BCUT2D eigenvalue weighted by atomic mass is 16.5. The number of ether oxygens (including phenoxy) is 1. The van der Waals surface area contributed by atoms with Crippen LogP contribution in [0.1, 0.15) is 18.4 Å². The fraction of sp³-hybridized carbons (Fsp3) is 0.400. The average Bonchev–Trinajstić information content (AvgIpc) is 3.27. The smallest absolute Gasteiger partial charge is 0.165 e. The normalized spacial score (nSPS) is 20.4. The van der Waals surface area contributed by atoms with E-state index in [4.69, 9.17) is 9.72 Å². The van der Waals surface area contributed by atoms with Crippen molar-refractivity contribution in [2.75, 3.05) is 31.6 Å². The molecular weight excluding hydrogens is 326 g/mol. The quantitative estimate of drug-likeness (QED) is 0.676. The summed E-state index contributed by atoms with van der Waals surface area (Å²) in [7, 11) is 0. The molecule has 2 aliphatic rings. The van der Waals surface area contributed by atoms with E-state index in [9.17, 15) is 0 Å². The van der Waals surface area contributed by atoms with Gasteiger partial charge >= 0.3 is 0 Å². The van der Waals surface area contributed by atoms with Gasteiger partial charge in [0.15, 0.2) is 5.65 Å². The molecule has 2 aromatic heterocycles. The maximum Gasteiger partial charge on any atom is 0.165 e. The monoisotopic (exact) mass is 349 g/mol. The molecule has 5 rings (SSSR count). The van der Waals surface area contributed by atoms with Gasteiger partial charge in [-0.15, -0.1) is 0 Å². The molecule has 0 saturated carbocycles. The summed E-state index contributed by atoms with van der Waals surface area (Å²) in [5.74, 6) is 1.82. The molecule has 1 aromatic carbocycles. The van der Waals surface area contributed by atoms with Gasteiger partial charge in [-0.3, -0.25) is 4.90 Å². The summed E-state index contributed by atoms with van der Waals surface area (Å²) in [5.41, 5.74) is 4.23. The van der Waals surface area contributed by atoms with E-state index in [2.05, 4.69) is 40.4 Å². The van der Waals surface area contributed by atoms with Crippen LogP contribution in [0.4, 0.5) is 5.82 Å². The first-order valence-electron chi connectivity index (χ1n) is 9.34. The largest absolute Gasteiger partial charge is 0.492 e. The Morgan fingerprint density at radius 1 is 1.19 bits per heavy atom. The number of aryl methyl sites for hydroxylation is 1. The number of rotatable bonds is 0. The summed E-state index contributed by atoms with van der Waals surface area (Å²) in [6, 6.07) is 8.79. The van der Waals surface area contributed by atoms with Gasteiger partial charge in [-0.05, 0) is 55.6 Å². The van der Waals surface area contributed by atoms with Crippen molar-refractivity contribution in [3.63, 3.8) is 0 Å². The number of aromatic nitrogens is 3. The summed E-state index contributed by atoms with van der Waals surface area (Å²) in [6.45, 7) is 5.90. The van der Waals surface area contributed by atoms with Crippen molar-refractivity contribution in [1.82, 2.24) is 19.5 Å². The van der Waals surface area contributed by atoms with Crippen molar-refractivity contribution in [3.8, 4) is 16.9 Å². The summed E-state index contributed by atoms with van der Waals surface area (Å²) in [5, 5.41) is 7.94. The zero-order valence-electron chi connectivity index (χ0n) is 15.0. The molecule has 0 spiro atoms. The number of fused-ring (bicyclic) bond motifs is 5. The Bertz CT molecular complexity index is 951. The van der Waals surface area contributed by atoms with E-state index in [0.29, 0.717) is 6.04 Å². The molecule has 6 nitrogen and oxygen atoms in total. The van der Waals surface area contributed by atoms with E-state index >= 15 is 0 Å². The number of hydrogen-bond donors (Lipinski definition) is 1. The van der Waals surface area contributed by atoms with Crippen molar-refractivity contribution in [2.24, 2.45) is 0 Å². The third-order valence-corrected chi connectivity index (χ3v) is 5.51. The van der Waals surface area contributed by atoms with Crippen molar-refractivity contribution in [1.29, 1.82) is 0 Å². The zero-order chi connectivity index (χ0) is 17.5. The van der Waals surface area contributed by atoms with Crippen LogP contribution in [0.3, 0.4) is 0 Å². The van der Waals surface area contributed by atoms with E-state index in [0.717, 1.165) is 54.6 Å². The van der Waals surface area contributed by atoms with Crippen LogP contribution in [-0.4, -0.2) is 51.8 Å². The average molecular weight is 349 g/mol. The minimum Gasteiger partial charge on any atom is -0.492 e. The predicted molar refractivity (Wildman–Crippen MR) is 102 cm³/mol. The van der Waals surface area contributed by atoms with Crippen LogP contribution < -0.4 is 10.1 Å². The van der Waals surface area contributed by atoms with Gasteiger partial charge in [0.05, 0.1) is 6.20 Å². The van der Waals surface area contributed by atoms with E-state index in [1.165, 1.54) is 18.4 Å². The van der Waals surface area contributed by atoms with Crippen LogP contribution in [0.15, 0.2) is 36.7 Å². The Morgan fingerprint density at radius 2 is 2.15 bits per heavy atom. The molecule has 4 bridgehead atoms. The second kappa shape index (κ2) is 6.29. The standard InChI is InChI=1S/C20H23N5O/c1-14-4-5-16-11-17(14)18-12-22-25-9-6-19(23-20(18)25)21-7-10-24-8-2-3-15(24)13-26-16/h4-6,9,11-12,15H,2-3,7-8,10,13H2,1H3,(H,21,23)/t15-/m0/s1. The minimum atomic E-state index is 0.492. The van der Waals surface area contributed by atoms with Crippen LogP contribution in [0.2, 0.25) is 0 Å². The van der Waals surface area contributed by atoms with Gasteiger partial charge in [-0.25, -0.2) is 9.50 Å². The van der Waals surface area contributed by atoms with E-state index in [1.54, 1.807) is 0 Å². The Hall–Kier alpha value is -2.60. The molecule has 0 radical (unpaired) electrons. The summed E-state index contributed by atoms with van der Waals surface area (Å²) in [6.07, 6.45) is 6.31. The SMILES string of the molecule is Cc1ccc2cc1-c1cnn3ccc(nc13)NCCN1CCC[C@H]1CO2.